The molecule has 39 heavy (non-hydrogen) atoms. The number of carbonyl (C=O) groups is 2. The molecule has 0 fully saturated rings. The Morgan fingerprint density at radius 3 is 2.33 bits per heavy atom. The van der Waals surface area contributed by atoms with Crippen molar-refractivity contribution in [3.8, 4) is 0 Å². The molecule has 0 atom stereocenters. The molecule has 198 valence electrons. The second-order valence-corrected chi connectivity index (χ2v) is 8.49. The van der Waals surface area contributed by atoms with E-state index in [4.69, 9.17) is 0 Å². The van der Waals surface area contributed by atoms with E-state index >= 15 is 0 Å². The van der Waals surface area contributed by atoms with Crippen molar-refractivity contribution in [3.63, 3.8) is 0 Å². The molecule has 1 aliphatic rings. The van der Waals surface area contributed by atoms with E-state index in [0.29, 0.717) is 40.7 Å². The molecule has 12 heteroatoms. The Bertz CT molecular complexity index is 1610. The lowest BCUT2D eigenvalue weighted by molar-refractivity contribution is -0.137. The van der Waals surface area contributed by atoms with Crippen molar-refractivity contribution < 1.29 is 31.5 Å². The number of alkyl halides is 3. The molecule has 2 heterocycles. The van der Waals surface area contributed by atoms with E-state index in [1.165, 1.54) is 12.1 Å². The quantitative estimate of drug-likeness (QED) is 0.137. The molecule has 7 nitrogen and oxygen atoms in total. The smallest absolute Gasteiger partial charge is 0.362 e. The summed E-state index contributed by atoms with van der Waals surface area (Å²) in [6.07, 6.45) is -1.28. The van der Waals surface area contributed by atoms with E-state index in [2.05, 4.69) is 20.9 Å². The van der Waals surface area contributed by atoms with Gasteiger partial charge >= 0.3 is 12.2 Å². The van der Waals surface area contributed by atoms with E-state index in [9.17, 15) is 31.5 Å². The van der Waals surface area contributed by atoms with Crippen LogP contribution in [0.15, 0.2) is 72.9 Å². The van der Waals surface area contributed by atoms with E-state index in [0.717, 1.165) is 11.8 Å². The first-order valence-corrected chi connectivity index (χ1v) is 11.4. The van der Waals surface area contributed by atoms with Crippen LogP contribution in [0.25, 0.3) is 11.6 Å². The highest BCUT2D eigenvalue weighted by Gasteiger charge is 2.31. The highest BCUT2D eigenvalue weighted by Crippen LogP contribution is 2.36. The van der Waals surface area contributed by atoms with Gasteiger partial charge in [0.1, 0.15) is 11.6 Å². The van der Waals surface area contributed by atoms with E-state index in [1.807, 2.05) is 11.4 Å². The number of aromatic amines is 1. The van der Waals surface area contributed by atoms with Crippen LogP contribution in [-0.2, 0) is 11.0 Å². The lowest BCUT2D eigenvalue weighted by Gasteiger charge is -2.13. The summed E-state index contributed by atoms with van der Waals surface area (Å²) in [6.45, 7) is 0. The number of hydrogen-bond acceptors (Lipinski definition) is 3. The Labute approximate surface area is 217 Å². The summed E-state index contributed by atoms with van der Waals surface area (Å²) in [7, 11) is 0. The predicted octanol–water partition coefficient (Wildman–Crippen LogP) is 7.19. The first-order valence-electron chi connectivity index (χ1n) is 11.4. The van der Waals surface area contributed by atoms with Crippen molar-refractivity contribution in [3.05, 3.63) is 101 Å². The average molecular weight is 539 g/mol. The van der Waals surface area contributed by atoms with E-state index < -0.39 is 35.1 Å². The molecule has 5 rings (SSSR count). The van der Waals surface area contributed by atoms with Gasteiger partial charge in [-0.2, -0.15) is 13.2 Å². The number of amides is 3. The molecule has 0 saturated carbocycles. The van der Waals surface area contributed by atoms with Crippen molar-refractivity contribution in [2.24, 2.45) is 0 Å². The normalized spacial score (nSPS) is 13.7. The van der Waals surface area contributed by atoms with Crippen LogP contribution in [0, 0.1) is 11.6 Å². The number of rotatable bonds is 5. The molecule has 3 amide bonds. The summed E-state index contributed by atoms with van der Waals surface area (Å²) in [5.41, 5.74) is 1.05. The molecule has 0 saturated heterocycles. The molecule has 0 aliphatic carbocycles. The van der Waals surface area contributed by atoms with E-state index in [1.54, 1.807) is 36.5 Å². The van der Waals surface area contributed by atoms with Gasteiger partial charge in [0.05, 0.1) is 28.2 Å². The Morgan fingerprint density at radius 1 is 0.846 bits per heavy atom. The number of urea groups is 1. The van der Waals surface area contributed by atoms with Crippen LogP contribution in [0.3, 0.4) is 0 Å². The summed E-state index contributed by atoms with van der Waals surface area (Å²) in [5.74, 6) is -2.02. The Kier molecular flexibility index (Phi) is 6.52. The molecule has 0 radical (unpaired) electrons. The Hall–Kier alpha value is -5.13. The Balaban J connectivity index is 1.31. The minimum atomic E-state index is -4.72. The number of hydrogen-bond donors (Lipinski definition) is 5. The lowest BCUT2D eigenvalue weighted by atomic mass is 10.1. The number of halogens is 5. The fourth-order valence-electron chi connectivity index (χ4n) is 3.94. The van der Waals surface area contributed by atoms with Crippen LogP contribution in [0.2, 0.25) is 0 Å². The van der Waals surface area contributed by atoms with Gasteiger partial charge in [0.2, 0.25) is 0 Å². The molecule has 0 bridgehead atoms. The lowest BCUT2D eigenvalue weighted by Crippen LogP contribution is -2.20. The summed E-state index contributed by atoms with van der Waals surface area (Å²) in [6, 6.07) is 12.7. The molecular formula is C27H18F5N5O2. The second kappa shape index (κ2) is 9.97. The monoisotopic (exact) mass is 539 g/mol. The summed E-state index contributed by atoms with van der Waals surface area (Å²) in [5, 5.41) is 9.97. The Morgan fingerprint density at radius 2 is 1.59 bits per heavy atom. The van der Waals surface area contributed by atoms with Crippen molar-refractivity contribution >= 4 is 52.0 Å². The number of benzene rings is 3. The number of fused-ring (bicyclic) bond motifs is 1. The molecular weight excluding hydrogens is 521 g/mol. The molecule has 1 aromatic heterocycles. The number of anilines is 5. The fraction of sp³-hybridized carbons (Fsp3) is 0.0370. The molecule has 4 aromatic rings. The predicted molar refractivity (Wildman–Crippen MR) is 137 cm³/mol. The first-order chi connectivity index (χ1) is 18.6. The third kappa shape index (κ3) is 5.59. The maximum Gasteiger partial charge on any atom is 0.416 e. The van der Waals surface area contributed by atoms with Crippen LogP contribution in [0.5, 0.6) is 0 Å². The highest BCUT2D eigenvalue weighted by molar-refractivity contribution is 6.35. The molecule has 5 N–H and O–H groups in total. The molecule has 3 aromatic carbocycles. The van der Waals surface area contributed by atoms with Gasteiger partial charge in [-0.05, 0) is 66.7 Å². The van der Waals surface area contributed by atoms with Crippen LogP contribution in [-0.4, -0.2) is 16.9 Å². The van der Waals surface area contributed by atoms with Crippen molar-refractivity contribution in [2.45, 2.75) is 6.18 Å². The maximum absolute atomic E-state index is 14.5. The molecule has 0 spiro atoms. The van der Waals surface area contributed by atoms with Gasteiger partial charge in [-0.1, -0.05) is 6.07 Å². The summed E-state index contributed by atoms with van der Waals surface area (Å²) < 4.78 is 67.2. The number of aromatic nitrogens is 1. The van der Waals surface area contributed by atoms with Gasteiger partial charge in [-0.3, -0.25) is 4.79 Å². The van der Waals surface area contributed by atoms with Gasteiger partial charge in [-0.25, -0.2) is 13.6 Å². The minimum Gasteiger partial charge on any atom is -0.362 e. The third-order valence-electron chi connectivity index (χ3n) is 5.77. The SMILES string of the molecule is O=C(Nc1ccc(F)c(Nc2ccc3c(c2)NC(=O)/C3=C/c2ccc[nH]2)c1)Nc1cc(C(F)(F)F)ccc1F. The van der Waals surface area contributed by atoms with Crippen molar-refractivity contribution in [2.75, 3.05) is 21.3 Å². The van der Waals surface area contributed by atoms with Gasteiger partial charge in [-0.15, -0.1) is 0 Å². The molecule has 0 unspecified atom stereocenters. The van der Waals surface area contributed by atoms with Crippen LogP contribution >= 0.6 is 0 Å². The van der Waals surface area contributed by atoms with Gasteiger partial charge < -0.3 is 26.3 Å². The van der Waals surface area contributed by atoms with Gasteiger partial charge in [0, 0.05) is 28.8 Å². The first kappa shape index (κ1) is 25.5. The largest absolute Gasteiger partial charge is 0.416 e. The van der Waals surface area contributed by atoms with Crippen LogP contribution in [0.1, 0.15) is 16.8 Å². The fourth-order valence-corrected chi connectivity index (χ4v) is 3.94. The molecule has 1 aliphatic heterocycles. The van der Waals surface area contributed by atoms with Gasteiger partial charge in [0.25, 0.3) is 5.91 Å². The van der Waals surface area contributed by atoms with Crippen molar-refractivity contribution in [1.29, 1.82) is 0 Å². The zero-order valence-electron chi connectivity index (χ0n) is 19.7. The maximum atomic E-state index is 14.5. The minimum absolute atomic E-state index is 0.0375. The standard InChI is InChI=1S/C27H18F5N5O2/c28-20-7-3-14(27(30,31)32)10-23(20)37-26(39)35-17-5-8-21(29)24(13-17)34-16-4-6-18-19(11-15-2-1-9-33-15)25(38)36-22(18)12-16/h1-13,33-34H,(H,36,38)(H2,35,37,39)/b19-11+. The van der Waals surface area contributed by atoms with Crippen molar-refractivity contribution in [1.82, 2.24) is 4.98 Å². The topological polar surface area (TPSA) is 98.1 Å². The van der Waals surface area contributed by atoms with E-state index in [-0.39, 0.29) is 17.3 Å². The van der Waals surface area contributed by atoms with Crippen LogP contribution < -0.4 is 21.3 Å². The number of H-pyrrole nitrogens is 1. The second-order valence-electron chi connectivity index (χ2n) is 8.49. The van der Waals surface area contributed by atoms with Gasteiger partial charge in [0.15, 0.2) is 0 Å². The summed E-state index contributed by atoms with van der Waals surface area (Å²) in [4.78, 5) is 27.8. The number of nitrogens with one attached hydrogen (secondary N) is 5. The third-order valence-corrected chi connectivity index (χ3v) is 5.77. The highest BCUT2D eigenvalue weighted by atomic mass is 19.4. The number of carbonyl (C=O) groups excluding carboxylic acids is 2. The summed E-state index contributed by atoms with van der Waals surface area (Å²) >= 11 is 0. The zero-order valence-corrected chi connectivity index (χ0v) is 19.7. The van der Waals surface area contributed by atoms with Crippen LogP contribution in [0.4, 0.5) is 55.2 Å². The average Bonchev–Trinajstić information content (AvgIpc) is 3.49. The zero-order chi connectivity index (χ0) is 27.7.